The fourth-order valence-electron chi connectivity index (χ4n) is 1.36. The summed E-state index contributed by atoms with van der Waals surface area (Å²) < 4.78 is 0. The maximum atomic E-state index is 9.78. The average molecular weight is 227 g/mol. The summed E-state index contributed by atoms with van der Waals surface area (Å²) in [4.78, 5) is 0. The van der Waals surface area contributed by atoms with Crippen molar-refractivity contribution in [3.05, 3.63) is 29.8 Å². The fourth-order valence-corrected chi connectivity index (χ4v) is 1.62. The van der Waals surface area contributed by atoms with Gasteiger partial charge in [0.15, 0.2) is 0 Å². The first-order chi connectivity index (χ1) is 7.19. The molecule has 0 spiro atoms. The summed E-state index contributed by atoms with van der Waals surface area (Å²) in [6, 6.07) is 7.34. The lowest BCUT2D eigenvalue weighted by Gasteiger charge is -2.17. The Morgan fingerprint density at radius 3 is 2.33 bits per heavy atom. The first-order valence-corrected chi connectivity index (χ1v) is 5.57. The van der Waals surface area contributed by atoms with Crippen molar-refractivity contribution in [2.45, 2.75) is 18.6 Å². The molecule has 0 fully saturated rings. The lowest BCUT2D eigenvalue weighted by Crippen LogP contribution is -2.18. The van der Waals surface area contributed by atoms with Gasteiger partial charge >= 0.3 is 0 Å². The van der Waals surface area contributed by atoms with Crippen molar-refractivity contribution in [3.63, 3.8) is 0 Å². The molecule has 0 saturated heterocycles. The molecule has 1 aromatic carbocycles. The molecule has 0 heterocycles. The Balaban J connectivity index is 2.69. The first-order valence-electron chi connectivity index (χ1n) is 4.93. The van der Waals surface area contributed by atoms with Crippen molar-refractivity contribution in [2.24, 2.45) is 0 Å². The molecule has 0 aliphatic rings. The van der Waals surface area contributed by atoms with Gasteiger partial charge in [0, 0.05) is 12.7 Å². The maximum absolute atomic E-state index is 9.78. The molecule has 0 aliphatic heterocycles. The van der Waals surface area contributed by atoms with Crippen LogP contribution >= 0.6 is 12.6 Å². The Morgan fingerprint density at radius 2 is 1.87 bits per heavy atom. The van der Waals surface area contributed by atoms with Gasteiger partial charge in [-0.15, -0.1) is 0 Å². The third-order valence-corrected chi connectivity index (χ3v) is 2.59. The summed E-state index contributed by atoms with van der Waals surface area (Å²) in [7, 11) is 1.83. The molecule has 15 heavy (non-hydrogen) atoms. The van der Waals surface area contributed by atoms with Crippen LogP contribution in [0.2, 0.25) is 0 Å². The number of thiol groups is 1. The van der Waals surface area contributed by atoms with Crippen LogP contribution in [0, 0.1) is 0 Å². The van der Waals surface area contributed by atoms with E-state index in [2.05, 4.69) is 17.9 Å². The van der Waals surface area contributed by atoms with Crippen molar-refractivity contribution in [1.82, 2.24) is 0 Å². The number of hydrogen-bond acceptors (Lipinski definition) is 4. The topological polar surface area (TPSA) is 52.5 Å². The number of rotatable bonds is 5. The van der Waals surface area contributed by atoms with Crippen molar-refractivity contribution in [3.8, 4) is 0 Å². The van der Waals surface area contributed by atoms with Gasteiger partial charge < -0.3 is 15.5 Å². The fraction of sp³-hybridized carbons (Fsp3) is 0.455. The molecule has 0 saturated carbocycles. The molecule has 3 N–H and O–H groups in total. The number of aliphatic hydroxyl groups excluding tert-OH is 2. The van der Waals surface area contributed by atoms with Crippen LogP contribution in [0.1, 0.15) is 18.1 Å². The van der Waals surface area contributed by atoms with Crippen LogP contribution in [0.4, 0.5) is 5.69 Å². The summed E-state index contributed by atoms with van der Waals surface area (Å²) in [5.41, 5.74) is 1.71. The molecule has 0 radical (unpaired) electrons. The van der Waals surface area contributed by atoms with Crippen LogP contribution in [0.25, 0.3) is 0 Å². The van der Waals surface area contributed by atoms with Gasteiger partial charge in [-0.3, -0.25) is 0 Å². The highest BCUT2D eigenvalue weighted by Crippen LogP contribution is 2.20. The highest BCUT2D eigenvalue weighted by atomic mass is 32.1. The Kier molecular flexibility index (Phi) is 4.94. The van der Waals surface area contributed by atoms with Crippen molar-refractivity contribution in [1.29, 1.82) is 0 Å². The summed E-state index contributed by atoms with van der Waals surface area (Å²) in [5, 5.41) is 22.4. The minimum atomic E-state index is -0.831. The number of benzene rings is 1. The van der Waals surface area contributed by atoms with E-state index in [4.69, 9.17) is 0 Å². The Morgan fingerprint density at radius 1 is 1.27 bits per heavy atom. The zero-order valence-electron chi connectivity index (χ0n) is 8.72. The SMILES string of the molecule is CNc1ccc(C(O)C(O)CCS)cc1. The Bertz CT molecular complexity index is 289. The number of aliphatic hydroxyl groups is 2. The van der Waals surface area contributed by atoms with E-state index in [-0.39, 0.29) is 0 Å². The molecule has 3 nitrogen and oxygen atoms in total. The zero-order valence-corrected chi connectivity index (χ0v) is 9.61. The standard InChI is InChI=1S/C11H17NO2S/c1-12-9-4-2-8(3-5-9)11(14)10(13)6-7-15/h2-5,10-15H,6-7H2,1H3. The molecule has 0 bridgehead atoms. The molecular weight excluding hydrogens is 210 g/mol. The van der Waals surface area contributed by atoms with E-state index >= 15 is 0 Å². The van der Waals surface area contributed by atoms with Crippen LogP contribution in [0.5, 0.6) is 0 Å². The van der Waals surface area contributed by atoms with Crippen LogP contribution in [0.3, 0.4) is 0 Å². The quantitative estimate of drug-likeness (QED) is 0.576. The first kappa shape index (κ1) is 12.4. The maximum Gasteiger partial charge on any atom is 0.105 e. The van der Waals surface area contributed by atoms with Gasteiger partial charge in [-0.2, -0.15) is 12.6 Å². The van der Waals surface area contributed by atoms with Crippen molar-refractivity contribution >= 4 is 18.3 Å². The minimum absolute atomic E-state index is 0.484. The molecule has 2 atom stereocenters. The lowest BCUT2D eigenvalue weighted by molar-refractivity contribution is 0.0172. The van der Waals surface area contributed by atoms with Gasteiger partial charge in [0.1, 0.15) is 6.10 Å². The van der Waals surface area contributed by atoms with Gasteiger partial charge in [0.25, 0.3) is 0 Å². The predicted octanol–water partition coefficient (Wildman–Crippen LogP) is 1.44. The average Bonchev–Trinajstić information content (AvgIpc) is 2.28. The van der Waals surface area contributed by atoms with Crippen LogP contribution in [0.15, 0.2) is 24.3 Å². The summed E-state index contributed by atoms with van der Waals surface area (Å²) in [6.45, 7) is 0. The van der Waals surface area contributed by atoms with Gasteiger partial charge in [0.2, 0.25) is 0 Å². The molecule has 2 unspecified atom stereocenters. The normalized spacial score (nSPS) is 14.7. The summed E-state index contributed by atoms with van der Waals surface area (Å²) in [6.07, 6.45) is -1.09. The van der Waals surface area contributed by atoms with Crippen LogP contribution < -0.4 is 5.32 Å². The van der Waals surface area contributed by atoms with Crippen molar-refractivity contribution < 1.29 is 10.2 Å². The van der Waals surface area contributed by atoms with E-state index in [0.29, 0.717) is 12.2 Å². The van der Waals surface area contributed by atoms with E-state index in [1.54, 1.807) is 12.1 Å². The number of anilines is 1. The molecule has 1 rings (SSSR count). The molecular formula is C11H17NO2S. The molecule has 0 amide bonds. The van der Waals surface area contributed by atoms with E-state index in [0.717, 1.165) is 11.3 Å². The molecule has 0 aromatic heterocycles. The summed E-state index contributed by atoms with van der Waals surface area (Å²) in [5.74, 6) is 0.562. The second-order valence-corrected chi connectivity index (χ2v) is 3.84. The third-order valence-electron chi connectivity index (χ3n) is 2.33. The zero-order chi connectivity index (χ0) is 11.3. The van der Waals surface area contributed by atoms with Gasteiger partial charge in [0.05, 0.1) is 6.10 Å². The largest absolute Gasteiger partial charge is 0.390 e. The van der Waals surface area contributed by atoms with Crippen molar-refractivity contribution in [2.75, 3.05) is 18.1 Å². The smallest absolute Gasteiger partial charge is 0.105 e. The highest BCUT2D eigenvalue weighted by molar-refractivity contribution is 7.80. The van der Waals surface area contributed by atoms with E-state index < -0.39 is 12.2 Å². The number of hydrogen-bond donors (Lipinski definition) is 4. The lowest BCUT2D eigenvalue weighted by atomic mass is 10.0. The molecule has 4 heteroatoms. The van der Waals surface area contributed by atoms with Gasteiger partial charge in [-0.1, -0.05) is 12.1 Å². The third kappa shape index (κ3) is 3.41. The Labute approximate surface area is 95.5 Å². The van der Waals surface area contributed by atoms with E-state index in [1.807, 2.05) is 19.2 Å². The van der Waals surface area contributed by atoms with Crippen LogP contribution in [-0.2, 0) is 0 Å². The monoisotopic (exact) mass is 227 g/mol. The highest BCUT2D eigenvalue weighted by Gasteiger charge is 2.16. The van der Waals surface area contributed by atoms with E-state index in [9.17, 15) is 10.2 Å². The molecule has 1 aromatic rings. The van der Waals surface area contributed by atoms with Gasteiger partial charge in [-0.25, -0.2) is 0 Å². The second-order valence-electron chi connectivity index (χ2n) is 3.40. The number of nitrogens with one attached hydrogen (secondary N) is 1. The molecule has 0 aliphatic carbocycles. The van der Waals surface area contributed by atoms with Gasteiger partial charge in [-0.05, 0) is 29.9 Å². The van der Waals surface area contributed by atoms with E-state index in [1.165, 1.54) is 0 Å². The van der Waals surface area contributed by atoms with Crippen LogP contribution in [-0.4, -0.2) is 29.1 Å². The minimum Gasteiger partial charge on any atom is -0.390 e. The molecule has 84 valence electrons. The predicted molar refractivity (Wildman–Crippen MR) is 65.4 cm³/mol. The summed E-state index contributed by atoms with van der Waals surface area (Å²) >= 11 is 4.02. The Hall–Kier alpha value is -0.710. The second kappa shape index (κ2) is 6.00.